The minimum atomic E-state index is -0.0156. The van der Waals surface area contributed by atoms with Gasteiger partial charge in [-0.05, 0) is 0 Å². The normalized spacial score (nSPS) is 16.5. The lowest BCUT2D eigenvalue weighted by Crippen LogP contribution is -2.28. The first kappa shape index (κ1) is 8.55. The summed E-state index contributed by atoms with van der Waals surface area (Å²) in [7, 11) is 1.75. The predicted molar refractivity (Wildman–Crippen MR) is 49.4 cm³/mol. The summed E-state index contributed by atoms with van der Waals surface area (Å²) in [5.41, 5.74) is 0.435. The molecule has 5 nitrogen and oxygen atoms in total. The van der Waals surface area contributed by atoms with Crippen molar-refractivity contribution in [1.82, 2.24) is 19.9 Å². The van der Waals surface area contributed by atoms with Crippen LogP contribution in [0.25, 0.3) is 0 Å². The van der Waals surface area contributed by atoms with Crippen LogP contribution < -0.4 is 0 Å². The Kier molecular flexibility index (Phi) is 2.22. The lowest BCUT2D eigenvalue weighted by atomic mass is 10.4. The van der Waals surface area contributed by atoms with E-state index in [1.165, 1.54) is 4.68 Å². The number of nitrogens with zero attached hydrogens (tertiary/aromatic N) is 4. The molecule has 0 bridgehead atoms. The molecule has 2 heterocycles. The molecule has 6 heteroatoms. The van der Waals surface area contributed by atoms with Gasteiger partial charge in [0.25, 0.3) is 5.91 Å². The number of aromatic nitrogens is 3. The van der Waals surface area contributed by atoms with Gasteiger partial charge in [0.1, 0.15) is 0 Å². The Balaban J connectivity index is 2.12. The molecule has 1 aliphatic heterocycles. The van der Waals surface area contributed by atoms with Crippen LogP contribution in [-0.2, 0) is 7.05 Å². The van der Waals surface area contributed by atoms with E-state index < -0.39 is 0 Å². The van der Waals surface area contributed by atoms with E-state index in [-0.39, 0.29) is 5.91 Å². The highest BCUT2D eigenvalue weighted by atomic mass is 32.2. The van der Waals surface area contributed by atoms with Crippen LogP contribution in [0.4, 0.5) is 0 Å². The van der Waals surface area contributed by atoms with Crippen LogP contribution in [0.5, 0.6) is 0 Å². The molecule has 1 amide bonds. The van der Waals surface area contributed by atoms with Crippen LogP contribution in [-0.4, -0.2) is 44.0 Å². The molecule has 0 aromatic carbocycles. The number of hydrogen-bond donors (Lipinski definition) is 0. The van der Waals surface area contributed by atoms with Gasteiger partial charge < -0.3 is 4.90 Å². The molecule has 1 aliphatic rings. The number of rotatable bonds is 1. The molecular weight excluding hydrogens is 188 g/mol. The van der Waals surface area contributed by atoms with Crippen molar-refractivity contribution in [1.29, 1.82) is 0 Å². The summed E-state index contributed by atoms with van der Waals surface area (Å²) < 4.78 is 1.54. The van der Waals surface area contributed by atoms with Crippen molar-refractivity contribution in [3.63, 3.8) is 0 Å². The van der Waals surface area contributed by atoms with E-state index in [4.69, 9.17) is 0 Å². The summed E-state index contributed by atoms with van der Waals surface area (Å²) in [6.07, 6.45) is 1.64. The van der Waals surface area contributed by atoms with E-state index in [0.717, 1.165) is 18.2 Å². The molecule has 0 N–H and O–H groups in total. The number of carbonyl (C=O) groups excluding carboxylic acids is 1. The standard InChI is InChI=1S/C7H10N4OS/c1-10-4-6(8-9-10)7(12)11-2-3-13-5-11/h4H,2-3,5H2,1H3. The van der Waals surface area contributed by atoms with Gasteiger partial charge in [0.05, 0.1) is 12.1 Å². The van der Waals surface area contributed by atoms with Gasteiger partial charge in [-0.2, -0.15) is 0 Å². The third kappa shape index (κ3) is 1.67. The summed E-state index contributed by atoms with van der Waals surface area (Å²) >= 11 is 1.76. The van der Waals surface area contributed by atoms with Crippen molar-refractivity contribution in [3.8, 4) is 0 Å². The average molecular weight is 198 g/mol. The molecule has 0 radical (unpaired) electrons. The van der Waals surface area contributed by atoms with Gasteiger partial charge in [-0.3, -0.25) is 9.48 Å². The Morgan fingerprint density at radius 2 is 2.54 bits per heavy atom. The Labute approximate surface area is 80.1 Å². The quantitative estimate of drug-likeness (QED) is 0.635. The molecule has 70 valence electrons. The Bertz CT molecular complexity index is 318. The summed E-state index contributed by atoms with van der Waals surface area (Å²) in [4.78, 5) is 13.4. The lowest BCUT2D eigenvalue weighted by Gasteiger charge is -2.11. The fourth-order valence-corrected chi connectivity index (χ4v) is 2.13. The number of hydrogen-bond acceptors (Lipinski definition) is 4. The molecule has 1 aromatic rings. The highest BCUT2D eigenvalue weighted by Crippen LogP contribution is 2.15. The van der Waals surface area contributed by atoms with Crippen molar-refractivity contribution in [2.75, 3.05) is 18.2 Å². The second kappa shape index (κ2) is 3.37. The molecule has 1 aromatic heterocycles. The maximum absolute atomic E-state index is 11.7. The first-order valence-corrected chi connectivity index (χ1v) is 5.16. The maximum atomic E-state index is 11.7. The number of amides is 1. The Morgan fingerprint density at radius 1 is 1.69 bits per heavy atom. The SMILES string of the molecule is Cn1cc(C(=O)N2CCSC2)nn1. The van der Waals surface area contributed by atoms with Gasteiger partial charge in [0.15, 0.2) is 5.69 Å². The van der Waals surface area contributed by atoms with Crippen LogP contribution in [0.1, 0.15) is 10.5 Å². The van der Waals surface area contributed by atoms with Crippen molar-refractivity contribution in [2.24, 2.45) is 7.05 Å². The molecular formula is C7H10N4OS. The van der Waals surface area contributed by atoms with Gasteiger partial charge in [-0.1, -0.05) is 5.21 Å². The third-order valence-corrected chi connectivity index (χ3v) is 2.83. The molecule has 2 rings (SSSR count). The average Bonchev–Trinajstić information content (AvgIpc) is 2.72. The fraction of sp³-hybridized carbons (Fsp3) is 0.571. The summed E-state index contributed by atoms with van der Waals surface area (Å²) in [5.74, 6) is 1.78. The van der Waals surface area contributed by atoms with Crippen LogP contribution in [0.2, 0.25) is 0 Å². The van der Waals surface area contributed by atoms with Crippen molar-refractivity contribution in [2.45, 2.75) is 0 Å². The van der Waals surface area contributed by atoms with Crippen molar-refractivity contribution in [3.05, 3.63) is 11.9 Å². The maximum Gasteiger partial charge on any atom is 0.276 e. The minimum absolute atomic E-state index is 0.0156. The Morgan fingerprint density at radius 3 is 3.08 bits per heavy atom. The van der Waals surface area contributed by atoms with Gasteiger partial charge in [0, 0.05) is 19.3 Å². The van der Waals surface area contributed by atoms with Crippen molar-refractivity contribution >= 4 is 17.7 Å². The van der Waals surface area contributed by atoms with Crippen LogP contribution in [0, 0.1) is 0 Å². The highest BCUT2D eigenvalue weighted by Gasteiger charge is 2.21. The second-order valence-electron chi connectivity index (χ2n) is 2.88. The van der Waals surface area contributed by atoms with E-state index >= 15 is 0 Å². The lowest BCUT2D eigenvalue weighted by molar-refractivity contribution is 0.0797. The second-order valence-corrected chi connectivity index (χ2v) is 3.96. The zero-order chi connectivity index (χ0) is 9.26. The minimum Gasteiger partial charge on any atom is -0.327 e. The van der Waals surface area contributed by atoms with Gasteiger partial charge in [-0.25, -0.2) is 0 Å². The topological polar surface area (TPSA) is 51.0 Å². The molecule has 0 unspecified atom stereocenters. The smallest absolute Gasteiger partial charge is 0.276 e. The largest absolute Gasteiger partial charge is 0.327 e. The first-order valence-electron chi connectivity index (χ1n) is 4.01. The van der Waals surface area contributed by atoms with E-state index in [2.05, 4.69) is 10.3 Å². The van der Waals surface area contributed by atoms with E-state index in [9.17, 15) is 4.79 Å². The van der Waals surface area contributed by atoms with Crippen molar-refractivity contribution < 1.29 is 4.79 Å². The van der Waals surface area contributed by atoms with E-state index in [0.29, 0.717) is 5.69 Å². The molecule has 0 saturated carbocycles. The third-order valence-electron chi connectivity index (χ3n) is 1.86. The Hall–Kier alpha value is -1.04. The highest BCUT2D eigenvalue weighted by molar-refractivity contribution is 7.99. The summed E-state index contributed by atoms with van der Waals surface area (Å²) in [5, 5.41) is 7.49. The zero-order valence-corrected chi connectivity index (χ0v) is 8.12. The van der Waals surface area contributed by atoms with Gasteiger partial charge >= 0.3 is 0 Å². The van der Waals surface area contributed by atoms with E-state index in [1.807, 2.05) is 0 Å². The van der Waals surface area contributed by atoms with Crippen LogP contribution in [0.3, 0.4) is 0 Å². The van der Waals surface area contributed by atoms with Gasteiger partial charge in [-0.15, -0.1) is 16.9 Å². The molecule has 13 heavy (non-hydrogen) atoms. The van der Waals surface area contributed by atoms with Crippen LogP contribution >= 0.6 is 11.8 Å². The molecule has 1 saturated heterocycles. The van der Waals surface area contributed by atoms with Crippen LogP contribution in [0.15, 0.2) is 6.20 Å². The number of carbonyl (C=O) groups is 1. The zero-order valence-electron chi connectivity index (χ0n) is 7.30. The number of thioether (sulfide) groups is 1. The summed E-state index contributed by atoms with van der Waals surface area (Å²) in [6.45, 7) is 0.820. The number of aryl methyl sites for hydroxylation is 1. The molecule has 0 spiro atoms. The summed E-state index contributed by atoms with van der Waals surface area (Å²) in [6, 6.07) is 0. The monoisotopic (exact) mass is 198 g/mol. The van der Waals surface area contributed by atoms with E-state index in [1.54, 1.807) is 29.9 Å². The molecule has 1 fully saturated rings. The molecule has 0 atom stereocenters. The predicted octanol–water partition coefficient (Wildman–Crippen LogP) is -0.0384. The van der Waals surface area contributed by atoms with Gasteiger partial charge in [0.2, 0.25) is 0 Å². The first-order chi connectivity index (χ1) is 6.27. The fourth-order valence-electron chi connectivity index (χ4n) is 1.18. The molecule has 0 aliphatic carbocycles.